The Labute approximate surface area is 234 Å². The summed E-state index contributed by atoms with van der Waals surface area (Å²) in [7, 11) is 2.75. The lowest BCUT2D eigenvalue weighted by Gasteiger charge is -2.30. The summed E-state index contributed by atoms with van der Waals surface area (Å²) in [6.45, 7) is 2.22. The maximum atomic E-state index is 14.4. The molecule has 218 valence electrons. The van der Waals surface area contributed by atoms with Crippen LogP contribution in [0.15, 0.2) is 30.6 Å². The molecule has 0 spiro atoms. The lowest BCUT2D eigenvalue weighted by atomic mass is 9.95. The Kier molecular flexibility index (Phi) is 9.02. The lowest BCUT2D eigenvalue weighted by molar-refractivity contribution is -0.139. The monoisotopic (exact) mass is 574 g/mol. The van der Waals surface area contributed by atoms with Crippen LogP contribution in [0.25, 0.3) is 11.0 Å². The van der Waals surface area contributed by atoms with E-state index in [9.17, 15) is 27.2 Å². The van der Waals surface area contributed by atoms with Crippen LogP contribution < -0.4 is 26.0 Å². The van der Waals surface area contributed by atoms with Gasteiger partial charge in [-0.1, -0.05) is 18.8 Å². The number of nitrogens with zero attached hydrogens (tertiary/aromatic N) is 2. The van der Waals surface area contributed by atoms with E-state index in [1.807, 2.05) is 6.92 Å². The fourth-order valence-electron chi connectivity index (χ4n) is 4.66. The molecule has 3 aromatic rings. The summed E-state index contributed by atoms with van der Waals surface area (Å²) < 4.78 is 60.3. The van der Waals surface area contributed by atoms with Gasteiger partial charge in [-0.3, -0.25) is 9.59 Å². The number of amides is 2. The minimum atomic E-state index is -4.49. The van der Waals surface area contributed by atoms with E-state index in [1.54, 1.807) is 0 Å². The minimum absolute atomic E-state index is 0.00307. The van der Waals surface area contributed by atoms with Crippen molar-refractivity contribution in [2.75, 3.05) is 39.1 Å². The van der Waals surface area contributed by atoms with Crippen molar-refractivity contribution < 1.29 is 31.9 Å². The average Bonchev–Trinajstić information content (AvgIpc) is 3.32. The van der Waals surface area contributed by atoms with E-state index >= 15 is 0 Å². The number of carbonyl (C=O) groups excluding carboxylic acids is 2. The summed E-state index contributed by atoms with van der Waals surface area (Å²) in [5, 5.41) is 11.5. The molecule has 1 fully saturated rings. The van der Waals surface area contributed by atoms with Crippen molar-refractivity contribution in [3.63, 3.8) is 0 Å². The van der Waals surface area contributed by atoms with E-state index in [0.717, 1.165) is 36.5 Å². The van der Waals surface area contributed by atoms with E-state index in [0.29, 0.717) is 5.56 Å². The molecule has 0 saturated carbocycles. The van der Waals surface area contributed by atoms with Gasteiger partial charge >= 0.3 is 6.18 Å². The molecule has 13 heteroatoms. The van der Waals surface area contributed by atoms with E-state index in [4.69, 9.17) is 4.74 Å². The van der Waals surface area contributed by atoms with Crippen LogP contribution in [-0.2, 0) is 6.54 Å². The summed E-state index contributed by atoms with van der Waals surface area (Å²) in [5.41, 5.74) is 0.767. The van der Waals surface area contributed by atoms with Gasteiger partial charge in [-0.2, -0.15) is 13.2 Å². The number of aromatic nitrogens is 2. The van der Waals surface area contributed by atoms with Crippen LogP contribution in [0.4, 0.5) is 23.2 Å². The molecule has 2 aromatic carbocycles. The van der Waals surface area contributed by atoms with Gasteiger partial charge in [0.1, 0.15) is 23.6 Å². The molecule has 2 amide bonds. The van der Waals surface area contributed by atoms with Gasteiger partial charge in [0, 0.05) is 24.7 Å². The highest BCUT2D eigenvalue weighted by atomic mass is 19.4. The van der Waals surface area contributed by atoms with Crippen molar-refractivity contribution >= 4 is 28.5 Å². The highest BCUT2D eigenvalue weighted by Crippen LogP contribution is 2.28. The SMILES string of the molecule is CNC(=O)c1cc(OC)c(NCC#Cc2cc(C(=O)N[C@H]3CCNC[C@@H]3C)c3ncn(CC(F)(F)F)c3c2)cc1F. The van der Waals surface area contributed by atoms with Crippen molar-refractivity contribution in [3.05, 3.63) is 53.1 Å². The summed E-state index contributed by atoms with van der Waals surface area (Å²) in [6.07, 6.45) is -2.71. The Morgan fingerprint density at radius 1 is 1.20 bits per heavy atom. The van der Waals surface area contributed by atoms with Crippen LogP contribution in [0, 0.1) is 23.6 Å². The highest BCUT2D eigenvalue weighted by Gasteiger charge is 2.30. The molecule has 1 aliphatic heterocycles. The van der Waals surface area contributed by atoms with Crippen LogP contribution in [0.2, 0.25) is 0 Å². The molecule has 4 N–H and O–H groups in total. The standard InChI is InChI=1S/C28H30F4N6O3/c1-16-13-34-8-6-21(16)37-27(40)19-9-17(10-23-25(19)36-15-38(23)14-28(30,31)32)5-4-7-35-22-12-20(29)18(26(39)33-2)11-24(22)41-3/h9-12,15-16,21,34-35H,6-8,13-14H2,1-3H3,(H,33,39)(H,37,40)/t16-,21-/m0/s1. The number of ether oxygens (including phenoxy) is 1. The van der Waals surface area contributed by atoms with Crippen molar-refractivity contribution in [1.29, 1.82) is 0 Å². The van der Waals surface area contributed by atoms with Gasteiger partial charge in [-0.15, -0.1) is 0 Å². The number of nitrogens with one attached hydrogen (secondary N) is 4. The first-order valence-corrected chi connectivity index (χ1v) is 12.9. The predicted octanol–water partition coefficient (Wildman–Crippen LogP) is 3.30. The highest BCUT2D eigenvalue weighted by molar-refractivity contribution is 6.05. The zero-order chi connectivity index (χ0) is 29.7. The minimum Gasteiger partial charge on any atom is -0.495 e. The third-order valence-corrected chi connectivity index (χ3v) is 6.78. The number of benzene rings is 2. The third-order valence-electron chi connectivity index (χ3n) is 6.78. The third kappa shape index (κ3) is 7.07. The Bertz CT molecular complexity index is 1510. The van der Waals surface area contributed by atoms with E-state index in [2.05, 4.69) is 38.1 Å². The maximum absolute atomic E-state index is 14.4. The molecule has 0 unspecified atom stereocenters. The van der Waals surface area contributed by atoms with Crippen LogP contribution in [0.5, 0.6) is 5.75 Å². The quantitative estimate of drug-likeness (QED) is 0.255. The average molecular weight is 575 g/mol. The van der Waals surface area contributed by atoms with Crippen LogP contribution in [0.1, 0.15) is 39.6 Å². The fraction of sp³-hybridized carbons (Fsp3) is 0.393. The Morgan fingerprint density at radius 3 is 2.66 bits per heavy atom. The summed E-state index contributed by atoms with van der Waals surface area (Å²) in [5.74, 6) is 4.28. The Balaban J connectivity index is 1.62. The number of methoxy groups -OCH3 is 1. The van der Waals surface area contributed by atoms with Crippen molar-refractivity contribution in [2.45, 2.75) is 32.1 Å². The zero-order valence-electron chi connectivity index (χ0n) is 22.7. The molecule has 9 nitrogen and oxygen atoms in total. The van der Waals surface area contributed by atoms with Crippen LogP contribution in [-0.4, -0.2) is 67.4 Å². The molecule has 1 aromatic heterocycles. The number of piperidine rings is 1. The lowest BCUT2D eigenvalue weighted by Crippen LogP contribution is -2.48. The van der Waals surface area contributed by atoms with Crippen molar-refractivity contribution in [2.24, 2.45) is 5.92 Å². The second kappa shape index (κ2) is 12.5. The number of fused-ring (bicyclic) bond motifs is 1. The molecule has 2 heterocycles. The number of rotatable bonds is 7. The summed E-state index contributed by atoms with van der Waals surface area (Å²) in [6, 6.07) is 5.22. The maximum Gasteiger partial charge on any atom is 0.406 e. The van der Waals surface area contributed by atoms with E-state index in [1.165, 1.54) is 32.4 Å². The molecule has 41 heavy (non-hydrogen) atoms. The summed E-state index contributed by atoms with van der Waals surface area (Å²) >= 11 is 0. The van der Waals surface area contributed by atoms with Crippen LogP contribution >= 0.6 is 0 Å². The number of alkyl halides is 3. The predicted molar refractivity (Wildman–Crippen MR) is 145 cm³/mol. The normalized spacial score (nSPS) is 17.0. The molecule has 2 atom stereocenters. The van der Waals surface area contributed by atoms with Crippen molar-refractivity contribution in [3.8, 4) is 17.6 Å². The largest absolute Gasteiger partial charge is 0.495 e. The number of hydrogen-bond acceptors (Lipinski definition) is 6. The zero-order valence-corrected chi connectivity index (χ0v) is 22.7. The first-order valence-electron chi connectivity index (χ1n) is 12.9. The van der Waals surface area contributed by atoms with Crippen molar-refractivity contribution in [1.82, 2.24) is 25.5 Å². The molecule has 4 rings (SSSR count). The fourth-order valence-corrected chi connectivity index (χ4v) is 4.66. The Hall–Kier alpha value is -4.31. The molecule has 1 aliphatic rings. The first-order chi connectivity index (χ1) is 19.5. The number of halogens is 4. The summed E-state index contributed by atoms with van der Waals surface area (Å²) in [4.78, 5) is 29.3. The first kappa shape index (κ1) is 29.7. The topological polar surface area (TPSA) is 109 Å². The number of imidazole rings is 1. The van der Waals surface area contributed by atoms with Gasteiger partial charge in [0.25, 0.3) is 11.8 Å². The molecule has 0 aliphatic carbocycles. The molecule has 1 saturated heterocycles. The van der Waals surface area contributed by atoms with Gasteiger partial charge in [0.15, 0.2) is 0 Å². The second-order valence-corrected chi connectivity index (χ2v) is 9.70. The van der Waals surface area contributed by atoms with Gasteiger partial charge in [-0.05, 0) is 43.6 Å². The molecular formula is C28H30F4N6O3. The number of hydrogen-bond donors (Lipinski definition) is 4. The second-order valence-electron chi connectivity index (χ2n) is 9.70. The number of anilines is 1. The molecular weight excluding hydrogens is 544 g/mol. The van der Waals surface area contributed by atoms with Gasteiger partial charge in [0.2, 0.25) is 0 Å². The Morgan fingerprint density at radius 2 is 1.98 bits per heavy atom. The van der Waals surface area contributed by atoms with E-state index < -0.39 is 30.4 Å². The molecule has 0 radical (unpaired) electrons. The number of carbonyl (C=O) groups is 2. The van der Waals surface area contributed by atoms with E-state index in [-0.39, 0.29) is 52.1 Å². The van der Waals surface area contributed by atoms with Gasteiger partial charge < -0.3 is 30.6 Å². The smallest absolute Gasteiger partial charge is 0.406 e. The van der Waals surface area contributed by atoms with Gasteiger partial charge in [0.05, 0.1) is 42.3 Å². The van der Waals surface area contributed by atoms with Gasteiger partial charge in [-0.25, -0.2) is 9.37 Å². The molecule has 0 bridgehead atoms. The van der Waals surface area contributed by atoms with Crippen LogP contribution in [0.3, 0.4) is 0 Å².